The van der Waals surface area contributed by atoms with Crippen molar-refractivity contribution in [3.05, 3.63) is 101 Å². The molecule has 0 fully saturated rings. The molecule has 0 saturated carbocycles. The number of halogens is 7. The number of nitrogens with one attached hydrogen (secondary N) is 3. The van der Waals surface area contributed by atoms with Crippen LogP contribution in [0.25, 0.3) is 0 Å². The number of rotatable bonds is 8. The first-order chi connectivity index (χ1) is 18.0. The molecule has 0 unspecified atom stereocenters. The molecule has 0 aliphatic rings. The number of alkyl halides is 6. The fraction of sp³-hybridized carbons (Fsp3) is 0.160. The standard InChI is InChI=1S/C25H19F7N6/c26-19-9-7-15(8-10-19)13-33-21-36-22(34-14-16-3-1-4-17(11-16)24(27,28)29)38-23(37-21)35-20-6-2-5-18(12-20)25(30,31)32/h1-12H,13-14H2,(H3,33,34,35,36,37,38). The van der Waals surface area contributed by atoms with E-state index in [0.29, 0.717) is 11.1 Å². The van der Waals surface area contributed by atoms with Crippen molar-refractivity contribution in [3.63, 3.8) is 0 Å². The molecule has 0 aliphatic heterocycles. The predicted octanol–water partition coefficient (Wildman–Crippen LogP) is 7.02. The molecule has 38 heavy (non-hydrogen) atoms. The zero-order chi connectivity index (χ0) is 27.3. The third-order valence-corrected chi connectivity index (χ3v) is 5.15. The average Bonchev–Trinajstić information content (AvgIpc) is 2.86. The molecule has 4 aromatic rings. The molecule has 1 heterocycles. The maximum atomic E-state index is 13.2. The minimum atomic E-state index is -4.56. The van der Waals surface area contributed by atoms with Crippen LogP contribution >= 0.6 is 0 Å². The molecule has 3 N–H and O–H groups in total. The lowest BCUT2D eigenvalue weighted by molar-refractivity contribution is -0.138. The van der Waals surface area contributed by atoms with Gasteiger partial charge in [0.05, 0.1) is 11.1 Å². The Kier molecular flexibility index (Phi) is 7.65. The van der Waals surface area contributed by atoms with Crippen LogP contribution in [0.1, 0.15) is 22.3 Å². The summed E-state index contributed by atoms with van der Waals surface area (Å²) in [7, 11) is 0. The average molecular weight is 536 g/mol. The van der Waals surface area contributed by atoms with Crippen molar-refractivity contribution in [1.82, 2.24) is 15.0 Å². The molecule has 0 amide bonds. The van der Waals surface area contributed by atoms with Crippen LogP contribution in [0.4, 0.5) is 54.3 Å². The zero-order valence-electron chi connectivity index (χ0n) is 19.3. The van der Waals surface area contributed by atoms with E-state index in [1.165, 1.54) is 48.5 Å². The van der Waals surface area contributed by atoms with Gasteiger partial charge in [0.1, 0.15) is 5.82 Å². The van der Waals surface area contributed by atoms with Gasteiger partial charge in [0.25, 0.3) is 0 Å². The SMILES string of the molecule is Fc1ccc(CNc2nc(NCc3cccc(C(F)(F)F)c3)nc(Nc3cccc(C(F)(F)F)c3)n2)cc1. The van der Waals surface area contributed by atoms with Crippen LogP contribution in [0.3, 0.4) is 0 Å². The molecule has 1 aromatic heterocycles. The molecule has 4 rings (SSSR count). The Morgan fingerprint density at radius 1 is 0.579 bits per heavy atom. The van der Waals surface area contributed by atoms with E-state index >= 15 is 0 Å². The summed E-state index contributed by atoms with van der Waals surface area (Å²) in [6.07, 6.45) is -9.07. The summed E-state index contributed by atoms with van der Waals surface area (Å²) in [5.41, 5.74) is -0.652. The second-order valence-electron chi connectivity index (χ2n) is 8.04. The molecule has 0 spiro atoms. The predicted molar refractivity (Wildman–Crippen MR) is 127 cm³/mol. The van der Waals surface area contributed by atoms with E-state index in [0.717, 1.165) is 24.3 Å². The molecule has 3 aromatic carbocycles. The van der Waals surface area contributed by atoms with Crippen LogP contribution in [-0.4, -0.2) is 15.0 Å². The van der Waals surface area contributed by atoms with Crippen molar-refractivity contribution in [1.29, 1.82) is 0 Å². The van der Waals surface area contributed by atoms with Crippen LogP contribution < -0.4 is 16.0 Å². The number of benzene rings is 3. The molecule has 6 nitrogen and oxygen atoms in total. The van der Waals surface area contributed by atoms with Gasteiger partial charge in [-0.05, 0) is 53.6 Å². The van der Waals surface area contributed by atoms with E-state index in [1.807, 2.05) is 0 Å². The molecule has 0 saturated heterocycles. The maximum Gasteiger partial charge on any atom is 0.416 e. The van der Waals surface area contributed by atoms with Gasteiger partial charge in [0, 0.05) is 18.8 Å². The van der Waals surface area contributed by atoms with Crippen molar-refractivity contribution in [3.8, 4) is 0 Å². The van der Waals surface area contributed by atoms with E-state index in [4.69, 9.17) is 0 Å². The Bertz CT molecular complexity index is 1390. The molecule has 0 atom stereocenters. The van der Waals surface area contributed by atoms with Crippen molar-refractivity contribution < 1.29 is 30.7 Å². The third kappa shape index (κ3) is 7.31. The monoisotopic (exact) mass is 536 g/mol. The first-order valence-electron chi connectivity index (χ1n) is 11.0. The topological polar surface area (TPSA) is 74.8 Å². The lowest BCUT2D eigenvalue weighted by Gasteiger charge is -2.13. The Labute approximate surface area is 212 Å². The third-order valence-electron chi connectivity index (χ3n) is 5.15. The van der Waals surface area contributed by atoms with Gasteiger partial charge in [-0.15, -0.1) is 0 Å². The molecule has 198 valence electrons. The second kappa shape index (κ2) is 10.9. The van der Waals surface area contributed by atoms with Gasteiger partial charge in [-0.1, -0.05) is 30.3 Å². The summed E-state index contributed by atoms with van der Waals surface area (Å²) in [6, 6.07) is 14.7. The van der Waals surface area contributed by atoms with Gasteiger partial charge in [-0.3, -0.25) is 0 Å². The fourth-order valence-corrected chi connectivity index (χ4v) is 3.31. The first-order valence-corrected chi connectivity index (χ1v) is 11.0. The Morgan fingerprint density at radius 3 is 1.71 bits per heavy atom. The van der Waals surface area contributed by atoms with Crippen molar-refractivity contribution in [2.45, 2.75) is 25.4 Å². The molecule has 0 radical (unpaired) electrons. The van der Waals surface area contributed by atoms with E-state index in [1.54, 1.807) is 0 Å². The van der Waals surface area contributed by atoms with Gasteiger partial charge in [-0.25, -0.2) is 4.39 Å². The highest BCUT2D eigenvalue weighted by Gasteiger charge is 2.31. The lowest BCUT2D eigenvalue weighted by Crippen LogP contribution is -2.12. The van der Waals surface area contributed by atoms with Crippen LogP contribution in [0.5, 0.6) is 0 Å². The maximum absolute atomic E-state index is 13.2. The van der Waals surface area contributed by atoms with Crippen LogP contribution in [-0.2, 0) is 25.4 Å². The zero-order valence-corrected chi connectivity index (χ0v) is 19.3. The highest BCUT2D eigenvalue weighted by atomic mass is 19.4. The summed E-state index contributed by atoms with van der Waals surface area (Å²) in [4.78, 5) is 12.5. The highest BCUT2D eigenvalue weighted by molar-refractivity contribution is 5.57. The summed E-state index contributed by atoms with van der Waals surface area (Å²) < 4.78 is 91.6. The van der Waals surface area contributed by atoms with E-state index in [-0.39, 0.29) is 36.6 Å². The molecule has 0 bridgehead atoms. The second-order valence-corrected chi connectivity index (χ2v) is 8.04. The van der Waals surface area contributed by atoms with Gasteiger partial charge in [0.15, 0.2) is 0 Å². The van der Waals surface area contributed by atoms with Gasteiger partial charge in [-0.2, -0.15) is 41.3 Å². The highest BCUT2D eigenvalue weighted by Crippen LogP contribution is 2.32. The summed E-state index contributed by atoms with van der Waals surface area (Å²) in [5, 5.41) is 8.41. The van der Waals surface area contributed by atoms with E-state index in [2.05, 4.69) is 30.9 Å². The number of hydrogen-bond donors (Lipinski definition) is 3. The summed E-state index contributed by atoms with van der Waals surface area (Å²) in [6.45, 7) is 0.106. The number of nitrogens with zero attached hydrogens (tertiary/aromatic N) is 3. The first kappa shape index (κ1) is 26.6. The molecular formula is C25H19F7N6. The van der Waals surface area contributed by atoms with Crippen molar-refractivity contribution >= 4 is 23.5 Å². The normalized spacial score (nSPS) is 11.8. The van der Waals surface area contributed by atoms with E-state index < -0.39 is 29.3 Å². The Balaban J connectivity index is 1.57. The number of hydrogen-bond acceptors (Lipinski definition) is 6. The quantitative estimate of drug-likeness (QED) is 0.210. The molecular weight excluding hydrogens is 517 g/mol. The summed E-state index contributed by atoms with van der Waals surface area (Å²) >= 11 is 0. The van der Waals surface area contributed by atoms with Crippen LogP contribution in [0.15, 0.2) is 72.8 Å². The Morgan fingerprint density at radius 2 is 1.11 bits per heavy atom. The van der Waals surface area contributed by atoms with Crippen molar-refractivity contribution in [2.75, 3.05) is 16.0 Å². The largest absolute Gasteiger partial charge is 0.416 e. The smallest absolute Gasteiger partial charge is 0.350 e. The minimum Gasteiger partial charge on any atom is -0.350 e. The van der Waals surface area contributed by atoms with Gasteiger partial charge >= 0.3 is 12.4 Å². The summed E-state index contributed by atoms with van der Waals surface area (Å²) in [5.74, 6) is -0.561. The fourth-order valence-electron chi connectivity index (χ4n) is 3.31. The number of aromatic nitrogens is 3. The number of anilines is 4. The van der Waals surface area contributed by atoms with Gasteiger partial charge < -0.3 is 16.0 Å². The van der Waals surface area contributed by atoms with E-state index in [9.17, 15) is 30.7 Å². The van der Waals surface area contributed by atoms with Crippen molar-refractivity contribution in [2.24, 2.45) is 0 Å². The van der Waals surface area contributed by atoms with Crippen LogP contribution in [0, 0.1) is 5.82 Å². The molecule has 0 aliphatic carbocycles. The lowest BCUT2D eigenvalue weighted by atomic mass is 10.1. The Hall–Kier alpha value is -4.42. The van der Waals surface area contributed by atoms with Crippen LogP contribution in [0.2, 0.25) is 0 Å². The minimum absolute atomic E-state index is 0.0188. The molecule has 13 heteroatoms. The van der Waals surface area contributed by atoms with Gasteiger partial charge in [0.2, 0.25) is 17.8 Å².